The van der Waals surface area contributed by atoms with Crippen molar-refractivity contribution in [2.24, 2.45) is 0 Å². The van der Waals surface area contributed by atoms with Crippen molar-refractivity contribution < 1.29 is 23.9 Å². The van der Waals surface area contributed by atoms with Crippen molar-refractivity contribution in [2.45, 2.75) is 37.8 Å². The van der Waals surface area contributed by atoms with E-state index in [1.807, 2.05) is 0 Å². The standard InChI is InChI=1S/C17H18N4O5S/c22-14(11-2-1-7-21(11)17(24)25)20-16-19-10(8-27-16)12-5-6-13(26-12)15(23)18-9-3-4-9/h5-6,8-9,11H,1-4,7H2,(H,18,23)(H,24,25)(H,19,20,22). The number of hydrogen-bond donors (Lipinski definition) is 3. The van der Waals surface area contributed by atoms with Gasteiger partial charge in [0.1, 0.15) is 11.7 Å². The van der Waals surface area contributed by atoms with E-state index in [4.69, 9.17) is 9.52 Å². The van der Waals surface area contributed by atoms with Gasteiger partial charge < -0.3 is 20.2 Å². The highest BCUT2D eigenvalue weighted by molar-refractivity contribution is 7.14. The molecule has 10 heteroatoms. The summed E-state index contributed by atoms with van der Waals surface area (Å²) in [6.07, 6.45) is 2.04. The van der Waals surface area contributed by atoms with Crippen molar-refractivity contribution in [1.82, 2.24) is 15.2 Å². The van der Waals surface area contributed by atoms with Crippen LogP contribution < -0.4 is 10.6 Å². The lowest BCUT2D eigenvalue weighted by atomic mass is 10.2. The normalized spacial score (nSPS) is 19.1. The van der Waals surface area contributed by atoms with Gasteiger partial charge in [0.15, 0.2) is 16.7 Å². The van der Waals surface area contributed by atoms with E-state index in [-0.39, 0.29) is 23.6 Å². The minimum atomic E-state index is -1.10. The zero-order valence-corrected chi connectivity index (χ0v) is 15.1. The molecular formula is C17H18N4O5S. The lowest BCUT2D eigenvalue weighted by Crippen LogP contribution is -2.42. The first-order chi connectivity index (χ1) is 13.0. The molecule has 4 rings (SSSR count). The van der Waals surface area contributed by atoms with Crippen molar-refractivity contribution in [2.75, 3.05) is 11.9 Å². The highest BCUT2D eigenvalue weighted by Gasteiger charge is 2.34. The van der Waals surface area contributed by atoms with Gasteiger partial charge in [0.2, 0.25) is 5.91 Å². The van der Waals surface area contributed by atoms with Crippen LogP contribution in [0.3, 0.4) is 0 Å². The first-order valence-corrected chi connectivity index (χ1v) is 9.56. The van der Waals surface area contributed by atoms with Crippen LogP contribution >= 0.6 is 11.3 Å². The maximum Gasteiger partial charge on any atom is 0.407 e. The predicted octanol–water partition coefficient (Wildman–Crippen LogP) is 2.38. The molecule has 2 aromatic rings. The molecule has 142 valence electrons. The van der Waals surface area contributed by atoms with E-state index in [0.29, 0.717) is 36.0 Å². The fourth-order valence-electron chi connectivity index (χ4n) is 2.98. The number of nitrogens with zero attached hydrogens (tertiary/aromatic N) is 2. The molecule has 1 aliphatic carbocycles. The molecule has 9 nitrogen and oxygen atoms in total. The van der Waals surface area contributed by atoms with Crippen molar-refractivity contribution >= 4 is 34.4 Å². The monoisotopic (exact) mass is 390 g/mol. The van der Waals surface area contributed by atoms with Crippen molar-refractivity contribution in [3.63, 3.8) is 0 Å². The van der Waals surface area contributed by atoms with Crippen molar-refractivity contribution in [3.05, 3.63) is 23.3 Å². The van der Waals surface area contributed by atoms with Gasteiger partial charge in [-0.25, -0.2) is 9.78 Å². The number of carboxylic acid groups (broad SMARTS) is 1. The Kier molecular flexibility index (Phi) is 4.56. The van der Waals surface area contributed by atoms with E-state index in [0.717, 1.165) is 17.7 Å². The second kappa shape index (κ2) is 7.03. The zero-order chi connectivity index (χ0) is 19.0. The van der Waals surface area contributed by atoms with Crippen LogP contribution in [0.5, 0.6) is 0 Å². The molecular weight excluding hydrogens is 372 g/mol. The Hall–Kier alpha value is -2.88. The average molecular weight is 390 g/mol. The fourth-order valence-corrected chi connectivity index (χ4v) is 3.69. The first-order valence-electron chi connectivity index (χ1n) is 8.68. The Labute approximate surface area is 158 Å². The molecule has 27 heavy (non-hydrogen) atoms. The highest BCUT2D eigenvalue weighted by atomic mass is 32.1. The third kappa shape index (κ3) is 3.80. The Morgan fingerprint density at radius 3 is 2.81 bits per heavy atom. The summed E-state index contributed by atoms with van der Waals surface area (Å²) in [7, 11) is 0. The van der Waals surface area contributed by atoms with E-state index in [2.05, 4.69) is 15.6 Å². The van der Waals surface area contributed by atoms with Gasteiger partial charge in [0.05, 0.1) is 0 Å². The van der Waals surface area contributed by atoms with Gasteiger partial charge in [0, 0.05) is 18.0 Å². The molecule has 2 aromatic heterocycles. The fraction of sp³-hybridized carbons (Fsp3) is 0.412. The van der Waals surface area contributed by atoms with Crippen LogP contribution in [0.2, 0.25) is 0 Å². The van der Waals surface area contributed by atoms with Gasteiger partial charge in [-0.05, 0) is 37.8 Å². The van der Waals surface area contributed by atoms with Gasteiger partial charge in [0.25, 0.3) is 5.91 Å². The molecule has 0 bridgehead atoms. The molecule has 2 fully saturated rings. The zero-order valence-electron chi connectivity index (χ0n) is 14.3. The summed E-state index contributed by atoms with van der Waals surface area (Å²) < 4.78 is 5.56. The van der Waals surface area contributed by atoms with Crippen LogP contribution in [-0.4, -0.2) is 51.5 Å². The minimum Gasteiger partial charge on any atom is -0.465 e. The lowest BCUT2D eigenvalue weighted by molar-refractivity contribution is -0.119. The number of aromatic nitrogens is 1. The molecule has 3 amide bonds. The van der Waals surface area contributed by atoms with Gasteiger partial charge >= 0.3 is 6.09 Å². The molecule has 0 aromatic carbocycles. The molecule has 3 heterocycles. The summed E-state index contributed by atoms with van der Waals surface area (Å²) in [5.41, 5.74) is 0.502. The summed E-state index contributed by atoms with van der Waals surface area (Å²) in [6, 6.07) is 2.80. The largest absolute Gasteiger partial charge is 0.465 e. The summed E-state index contributed by atoms with van der Waals surface area (Å²) in [6.45, 7) is 0.356. The molecule has 0 radical (unpaired) electrons. The average Bonchev–Trinajstić information content (AvgIpc) is 3.10. The Morgan fingerprint density at radius 2 is 2.07 bits per heavy atom. The number of thiazole rings is 1. The van der Waals surface area contributed by atoms with Crippen molar-refractivity contribution in [1.29, 1.82) is 0 Å². The number of amides is 3. The first kappa shape index (κ1) is 17.5. The molecule has 1 atom stereocenters. The van der Waals surface area contributed by atoms with E-state index in [1.54, 1.807) is 17.5 Å². The maximum atomic E-state index is 12.4. The second-order valence-electron chi connectivity index (χ2n) is 6.57. The smallest absolute Gasteiger partial charge is 0.407 e. The molecule has 0 spiro atoms. The molecule has 2 aliphatic rings. The Morgan fingerprint density at radius 1 is 1.26 bits per heavy atom. The number of furan rings is 1. The third-order valence-corrected chi connectivity index (χ3v) is 5.29. The van der Waals surface area contributed by atoms with E-state index in [9.17, 15) is 14.4 Å². The van der Waals surface area contributed by atoms with Crippen molar-refractivity contribution in [3.8, 4) is 11.5 Å². The number of likely N-dealkylation sites (tertiary alicyclic amines) is 1. The number of carbonyl (C=O) groups is 3. The van der Waals surface area contributed by atoms with Crippen LogP contribution in [0.4, 0.5) is 9.93 Å². The van der Waals surface area contributed by atoms with E-state index in [1.165, 1.54) is 11.3 Å². The topological polar surface area (TPSA) is 125 Å². The molecule has 3 N–H and O–H groups in total. The summed E-state index contributed by atoms with van der Waals surface area (Å²) >= 11 is 1.21. The summed E-state index contributed by atoms with van der Waals surface area (Å²) in [4.78, 5) is 41.0. The van der Waals surface area contributed by atoms with Gasteiger partial charge in [-0.3, -0.25) is 14.5 Å². The maximum absolute atomic E-state index is 12.4. The Bertz CT molecular complexity index is 888. The SMILES string of the molecule is O=C(NC1CC1)c1ccc(-c2csc(NC(=O)C3CCCN3C(=O)O)n2)o1. The number of hydrogen-bond acceptors (Lipinski definition) is 6. The number of nitrogens with one attached hydrogen (secondary N) is 2. The van der Waals surface area contributed by atoms with Crippen LogP contribution in [0, 0.1) is 0 Å². The molecule has 1 saturated heterocycles. The third-order valence-electron chi connectivity index (χ3n) is 4.53. The van der Waals surface area contributed by atoms with E-state index < -0.39 is 12.1 Å². The second-order valence-corrected chi connectivity index (χ2v) is 7.43. The number of anilines is 1. The van der Waals surface area contributed by atoms with Gasteiger partial charge in [-0.2, -0.15) is 0 Å². The van der Waals surface area contributed by atoms with Gasteiger partial charge in [-0.15, -0.1) is 11.3 Å². The van der Waals surface area contributed by atoms with Crippen LogP contribution in [0.15, 0.2) is 21.9 Å². The van der Waals surface area contributed by atoms with Gasteiger partial charge in [-0.1, -0.05) is 0 Å². The quantitative estimate of drug-likeness (QED) is 0.720. The van der Waals surface area contributed by atoms with Crippen LogP contribution in [-0.2, 0) is 4.79 Å². The number of rotatable bonds is 5. The summed E-state index contributed by atoms with van der Waals surface area (Å²) in [5, 5.41) is 16.7. The minimum absolute atomic E-state index is 0.221. The van der Waals surface area contributed by atoms with E-state index >= 15 is 0 Å². The highest BCUT2D eigenvalue weighted by Crippen LogP contribution is 2.28. The summed E-state index contributed by atoms with van der Waals surface area (Å²) in [5.74, 6) is 0.0153. The predicted molar refractivity (Wildman–Crippen MR) is 96.7 cm³/mol. The number of carbonyl (C=O) groups excluding carboxylic acids is 2. The molecule has 1 aliphatic heterocycles. The van der Waals surface area contributed by atoms with Crippen LogP contribution in [0.25, 0.3) is 11.5 Å². The molecule has 1 unspecified atom stereocenters. The molecule has 1 saturated carbocycles. The van der Waals surface area contributed by atoms with Crippen LogP contribution in [0.1, 0.15) is 36.2 Å². The Balaban J connectivity index is 1.41. The lowest BCUT2D eigenvalue weighted by Gasteiger charge is -2.19.